The number of benzene rings is 1. The smallest absolute Gasteiger partial charge is 0.278 e. The molecule has 2 N–H and O–H groups in total. The second-order valence-electron chi connectivity index (χ2n) is 4.07. The van der Waals surface area contributed by atoms with E-state index in [-0.39, 0.29) is 28.8 Å². The van der Waals surface area contributed by atoms with E-state index in [9.17, 15) is 9.18 Å². The number of hydrogen-bond acceptors (Lipinski definition) is 3. The number of hydrogen-bond donors (Lipinski definition) is 1. The number of pyridine rings is 1. The van der Waals surface area contributed by atoms with E-state index in [4.69, 9.17) is 17.3 Å². The van der Waals surface area contributed by atoms with Crippen molar-refractivity contribution in [3.05, 3.63) is 52.9 Å². The molecule has 1 aromatic carbocycles. The van der Waals surface area contributed by atoms with Gasteiger partial charge in [-0.05, 0) is 31.2 Å². The Labute approximate surface area is 121 Å². The van der Waals surface area contributed by atoms with Crippen molar-refractivity contribution in [2.24, 2.45) is 0 Å². The van der Waals surface area contributed by atoms with Crippen molar-refractivity contribution in [2.45, 2.75) is 6.92 Å². The lowest BCUT2D eigenvalue weighted by Crippen LogP contribution is -2.32. The number of nitrogen functional groups attached to an aromatic ring is 1. The van der Waals surface area contributed by atoms with Crippen LogP contribution in [0.25, 0.3) is 0 Å². The first kappa shape index (κ1) is 14.3. The minimum atomic E-state index is -0.491. The standard InChI is InChI=1S/C14H13ClFN3O/c1-2-19(11-6-4-3-5-10(11)16)14(20)13-9(15)7-8-12(17)18-13/h3-8H,2H2,1H3,(H2,17,18). The maximum Gasteiger partial charge on any atom is 0.278 e. The highest BCUT2D eigenvalue weighted by atomic mass is 35.5. The number of anilines is 2. The van der Waals surface area contributed by atoms with Crippen LogP contribution in [0.5, 0.6) is 0 Å². The summed E-state index contributed by atoms with van der Waals surface area (Å²) in [4.78, 5) is 17.7. The number of carbonyl (C=O) groups excluding carboxylic acids is 1. The Hall–Kier alpha value is -2.14. The molecule has 0 radical (unpaired) electrons. The molecule has 2 aromatic rings. The third-order valence-electron chi connectivity index (χ3n) is 2.77. The Morgan fingerprint density at radius 3 is 2.70 bits per heavy atom. The van der Waals surface area contributed by atoms with Gasteiger partial charge in [-0.1, -0.05) is 23.7 Å². The van der Waals surface area contributed by atoms with Crippen LogP contribution < -0.4 is 10.6 Å². The summed E-state index contributed by atoms with van der Waals surface area (Å²) in [6.07, 6.45) is 0. The fraction of sp³-hybridized carbons (Fsp3) is 0.143. The maximum atomic E-state index is 13.8. The third-order valence-corrected chi connectivity index (χ3v) is 3.08. The van der Waals surface area contributed by atoms with Crippen LogP contribution in [0, 0.1) is 5.82 Å². The van der Waals surface area contributed by atoms with Gasteiger partial charge in [0.25, 0.3) is 5.91 Å². The lowest BCUT2D eigenvalue weighted by Gasteiger charge is -2.21. The highest BCUT2D eigenvalue weighted by Crippen LogP contribution is 2.23. The Morgan fingerprint density at radius 1 is 1.35 bits per heavy atom. The van der Waals surface area contributed by atoms with E-state index in [0.717, 1.165) is 0 Å². The molecule has 6 heteroatoms. The van der Waals surface area contributed by atoms with Gasteiger partial charge < -0.3 is 10.6 Å². The molecule has 0 fully saturated rings. The molecule has 0 unspecified atom stereocenters. The molecule has 104 valence electrons. The lowest BCUT2D eigenvalue weighted by atomic mass is 10.2. The largest absolute Gasteiger partial charge is 0.384 e. The molecular weight excluding hydrogens is 281 g/mol. The van der Waals surface area contributed by atoms with E-state index in [1.807, 2.05) is 0 Å². The molecule has 2 rings (SSSR count). The summed E-state index contributed by atoms with van der Waals surface area (Å²) >= 11 is 5.96. The van der Waals surface area contributed by atoms with Crippen molar-refractivity contribution in [1.29, 1.82) is 0 Å². The fourth-order valence-electron chi connectivity index (χ4n) is 1.83. The summed E-state index contributed by atoms with van der Waals surface area (Å²) in [5, 5.41) is 0.180. The first-order chi connectivity index (χ1) is 9.54. The maximum absolute atomic E-state index is 13.8. The number of carbonyl (C=O) groups is 1. The highest BCUT2D eigenvalue weighted by molar-refractivity contribution is 6.34. The van der Waals surface area contributed by atoms with Crippen LogP contribution in [0.15, 0.2) is 36.4 Å². The fourth-order valence-corrected chi connectivity index (χ4v) is 2.02. The van der Waals surface area contributed by atoms with Crippen LogP contribution in [-0.2, 0) is 0 Å². The summed E-state index contributed by atoms with van der Waals surface area (Å²) in [7, 11) is 0. The van der Waals surface area contributed by atoms with E-state index < -0.39 is 11.7 Å². The van der Waals surface area contributed by atoms with Gasteiger partial charge in [0.15, 0.2) is 0 Å². The van der Waals surface area contributed by atoms with Crippen molar-refractivity contribution in [1.82, 2.24) is 4.98 Å². The molecule has 0 saturated heterocycles. The van der Waals surface area contributed by atoms with Gasteiger partial charge in [0.1, 0.15) is 17.3 Å². The normalized spacial score (nSPS) is 10.3. The topological polar surface area (TPSA) is 59.2 Å². The van der Waals surface area contributed by atoms with Crippen LogP contribution in [0.1, 0.15) is 17.4 Å². The van der Waals surface area contributed by atoms with Crippen LogP contribution in [0.2, 0.25) is 5.02 Å². The minimum absolute atomic E-state index is 0.0109. The van der Waals surface area contributed by atoms with Crippen molar-refractivity contribution < 1.29 is 9.18 Å². The molecule has 0 bridgehead atoms. The number of nitrogens with zero attached hydrogens (tertiary/aromatic N) is 2. The second-order valence-corrected chi connectivity index (χ2v) is 4.47. The van der Waals surface area contributed by atoms with Crippen molar-refractivity contribution >= 4 is 29.0 Å². The number of aromatic nitrogens is 1. The van der Waals surface area contributed by atoms with Gasteiger partial charge in [0.05, 0.1) is 10.7 Å². The molecule has 20 heavy (non-hydrogen) atoms. The van der Waals surface area contributed by atoms with Gasteiger partial charge in [-0.15, -0.1) is 0 Å². The monoisotopic (exact) mass is 293 g/mol. The molecule has 0 spiro atoms. The Bertz CT molecular complexity index is 648. The van der Waals surface area contributed by atoms with E-state index >= 15 is 0 Å². The van der Waals surface area contributed by atoms with E-state index in [1.165, 1.54) is 29.2 Å². The number of para-hydroxylation sites is 1. The molecule has 0 saturated carbocycles. The Morgan fingerprint density at radius 2 is 2.05 bits per heavy atom. The predicted molar refractivity (Wildman–Crippen MR) is 77.4 cm³/mol. The second kappa shape index (κ2) is 5.88. The first-order valence-corrected chi connectivity index (χ1v) is 6.40. The molecule has 0 atom stereocenters. The summed E-state index contributed by atoms with van der Waals surface area (Å²) in [5.41, 5.74) is 5.75. The van der Waals surface area contributed by atoms with Crippen molar-refractivity contribution in [3.63, 3.8) is 0 Å². The number of nitrogens with two attached hydrogens (primary N) is 1. The molecule has 1 amide bonds. The number of halogens is 2. The molecule has 0 aliphatic carbocycles. The zero-order valence-electron chi connectivity index (χ0n) is 10.8. The van der Waals surface area contributed by atoms with Gasteiger partial charge >= 0.3 is 0 Å². The van der Waals surface area contributed by atoms with Gasteiger partial charge in [0, 0.05) is 6.54 Å². The quantitative estimate of drug-likeness (QED) is 0.946. The van der Waals surface area contributed by atoms with Crippen molar-refractivity contribution in [2.75, 3.05) is 17.2 Å². The van der Waals surface area contributed by atoms with E-state index in [2.05, 4.69) is 4.98 Å². The van der Waals surface area contributed by atoms with Crippen LogP contribution >= 0.6 is 11.6 Å². The van der Waals surface area contributed by atoms with Gasteiger partial charge in [-0.25, -0.2) is 9.37 Å². The predicted octanol–water partition coefficient (Wildman–Crippen LogP) is 3.12. The molecule has 4 nitrogen and oxygen atoms in total. The SMILES string of the molecule is CCN(C(=O)c1nc(N)ccc1Cl)c1ccccc1F. The average Bonchev–Trinajstić information content (AvgIpc) is 2.44. The van der Waals surface area contributed by atoms with Crippen LogP contribution in [0.3, 0.4) is 0 Å². The number of rotatable bonds is 3. The highest BCUT2D eigenvalue weighted by Gasteiger charge is 2.22. The zero-order valence-corrected chi connectivity index (χ0v) is 11.6. The molecule has 0 aliphatic rings. The summed E-state index contributed by atoms with van der Waals surface area (Å²) in [6.45, 7) is 2.02. The lowest BCUT2D eigenvalue weighted by molar-refractivity contribution is 0.0983. The minimum Gasteiger partial charge on any atom is -0.384 e. The average molecular weight is 294 g/mol. The summed E-state index contributed by atoms with van der Waals surface area (Å²) in [5.74, 6) is -0.792. The molecule has 1 aromatic heterocycles. The summed E-state index contributed by atoms with van der Waals surface area (Å²) < 4.78 is 13.8. The summed E-state index contributed by atoms with van der Waals surface area (Å²) in [6, 6.07) is 9.02. The number of amides is 1. The van der Waals surface area contributed by atoms with Gasteiger partial charge in [-0.2, -0.15) is 0 Å². The first-order valence-electron chi connectivity index (χ1n) is 6.03. The molecular formula is C14H13ClFN3O. The Balaban J connectivity index is 2.45. The Kier molecular flexibility index (Phi) is 4.20. The van der Waals surface area contributed by atoms with Crippen molar-refractivity contribution in [3.8, 4) is 0 Å². The van der Waals surface area contributed by atoms with Crippen LogP contribution in [-0.4, -0.2) is 17.4 Å². The van der Waals surface area contributed by atoms with E-state index in [1.54, 1.807) is 19.1 Å². The molecule has 1 heterocycles. The third kappa shape index (κ3) is 2.72. The van der Waals surface area contributed by atoms with Gasteiger partial charge in [-0.3, -0.25) is 4.79 Å². The van der Waals surface area contributed by atoms with E-state index in [0.29, 0.717) is 0 Å². The van der Waals surface area contributed by atoms with Crippen LogP contribution in [0.4, 0.5) is 15.9 Å². The van der Waals surface area contributed by atoms with Gasteiger partial charge in [0.2, 0.25) is 0 Å². The zero-order chi connectivity index (χ0) is 14.7. The molecule has 0 aliphatic heterocycles.